The van der Waals surface area contributed by atoms with Crippen LogP contribution in [0.4, 0.5) is 14.6 Å². The van der Waals surface area contributed by atoms with Gasteiger partial charge in [-0.2, -0.15) is 5.10 Å². The molecule has 0 bridgehead atoms. The van der Waals surface area contributed by atoms with E-state index in [-0.39, 0.29) is 35.0 Å². The number of hydrogen-bond donors (Lipinski definition) is 1. The number of benzene rings is 3. The second-order valence-electron chi connectivity index (χ2n) is 7.05. The van der Waals surface area contributed by atoms with Crippen molar-refractivity contribution in [3.63, 3.8) is 0 Å². The maximum atomic E-state index is 13.4. The second kappa shape index (κ2) is 9.62. The molecule has 0 saturated carbocycles. The number of halogens is 3. The predicted octanol–water partition coefficient (Wildman–Crippen LogP) is 5.69. The minimum atomic E-state index is -0.367. The number of ether oxygens (including phenoxy) is 1. The molecule has 3 aromatic carbocycles. The van der Waals surface area contributed by atoms with Crippen LogP contribution in [-0.2, 0) is 13.2 Å². The van der Waals surface area contributed by atoms with Crippen LogP contribution in [0.3, 0.4) is 0 Å². The quantitative estimate of drug-likeness (QED) is 0.391. The molecule has 0 fully saturated rings. The summed E-state index contributed by atoms with van der Waals surface area (Å²) >= 11 is 6.20. The van der Waals surface area contributed by atoms with E-state index >= 15 is 0 Å². The van der Waals surface area contributed by atoms with Crippen molar-refractivity contribution in [1.82, 2.24) is 9.78 Å². The minimum absolute atomic E-state index is 0.219. The van der Waals surface area contributed by atoms with Gasteiger partial charge in [0.05, 0.1) is 6.54 Å². The second-order valence-corrected chi connectivity index (χ2v) is 7.45. The monoisotopic (exact) mass is 453 g/mol. The Bertz CT molecular complexity index is 1220. The van der Waals surface area contributed by atoms with E-state index in [2.05, 4.69) is 10.4 Å². The number of carbonyl (C=O) groups excluding carboxylic acids is 1. The van der Waals surface area contributed by atoms with Gasteiger partial charge < -0.3 is 10.1 Å². The van der Waals surface area contributed by atoms with Crippen molar-refractivity contribution >= 4 is 23.3 Å². The molecule has 1 N–H and O–H groups in total. The highest BCUT2D eigenvalue weighted by Gasteiger charge is 2.13. The van der Waals surface area contributed by atoms with Gasteiger partial charge in [-0.1, -0.05) is 35.9 Å². The van der Waals surface area contributed by atoms with Gasteiger partial charge in [-0.3, -0.25) is 9.48 Å². The van der Waals surface area contributed by atoms with Crippen molar-refractivity contribution in [2.75, 3.05) is 5.32 Å². The fourth-order valence-electron chi connectivity index (χ4n) is 3.01. The number of hydrogen-bond acceptors (Lipinski definition) is 3. The van der Waals surface area contributed by atoms with Gasteiger partial charge in [0.25, 0.3) is 5.91 Å². The van der Waals surface area contributed by atoms with Gasteiger partial charge >= 0.3 is 0 Å². The molecule has 0 spiro atoms. The maximum Gasteiger partial charge on any atom is 0.256 e. The lowest BCUT2D eigenvalue weighted by Gasteiger charge is -2.07. The molecule has 32 heavy (non-hydrogen) atoms. The highest BCUT2D eigenvalue weighted by atomic mass is 35.5. The van der Waals surface area contributed by atoms with Crippen molar-refractivity contribution in [1.29, 1.82) is 0 Å². The molecule has 0 radical (unpaired) electrons. The van der Waals surface area contributed by atoms with Crippen LogP contribution in [-0.4, -0.2) is 15.7 Å². The van der Waals surface area contributed by atoms with Gasteiger partial charge in [0, 0.05) is 11.8 Å². The van der Waals surface area contributed by atoms with Crippen molar-refractivity contribution < 1.29 is 18.3 Å². The first-order valence-corrected chi connectivity index (χ1v) is 10.1. The SMILES string of the molecule is O=C(Nc1nn(Cc2cccc(F)c2)cc1Cl)c1ccc(COc2ccc(F)cc2)cc1. The lowest BCUT2D eigenvalue weighted by molar-refractivity contribution is 0.102. The normalized spacial score (nSPS) is 10.7. The summed E-state index contributed by atoms with van der Waals surface area (Å²) in [7, 11) is 0. The zero-order valence-electron chi connectivity index (χ0n) is 16.8. The lowest BCUT2D eigenvalue weighted by atomic mass is 10.1. The van der Waals surface area contributed by atoms with Crippen LogP contribution in [0.5, 0.6) is 5.75 Å². The topological polar surface area (TPSA) is 56.2 Å². The molecule has 1 aromatic heterocycles. The highest BCUT2D eigenvalue weighted by Crippen LogP contribution is 2.21. The zero-order chi connectivity index (χ0) is 22.5. The summed E-state index contributed by atoms with van der Waals surface area (Å²) in [5.74, 6) is -0.255. The summed E-state index contributed by atoms with van der Waals surface area (Å²) in [6.45, 7) is 0.597. The molecule has 0 aliphatic rings. The number of rotatable bonds is 7. The highest BCUT2D eigenvalue weighted by molar-refractivity contribution is 6.33. The third-order valence-corrected chi connectivity index (χ3v) is 4.89. The van der Waals surface area contributed by atoms with Gasteiger partial charge in [-0.15, -0.1) is 0 Å². The smallest absolute Gasteiger partial charge is 0.256 e. The molecule has 0 unspecified atom stereocenters. The molecule has 0 atom stereocenters. The summed E-state index contributed by atoms with van der Waals surface area (Å²) in [6, 6.07) is 18.8. The molecule has 4 aromatic rings. The Morgan fingerprint density at radius 2 is 1.72 bits per heavy atom. The van der Waals surface area contributed by atoms with Gasteiger partial charge in [-0.25, -0.2) is 8.78 Å². The van der Waals surface area contributed by atoms with Gasteiger partial charge in [0.15, 0.2) is 5.82 Å². The molecule has 4 rings (SSSR count). The van der Waals surface area contributed by atoms with E-state index < -0.39 is 0 Å². The molecule has 1 amide bonds. The standard InChI is InChI=1S/C24H18ClF2N3O2/c25-22-14-30(13-17-2-1-3-20(27)12-17)29-23(22)28-24(31)18-6-4-16(5-7-18)15-32-21-10-8-19(26)9-11-21/h1-12,14H,13,15H2,(H,28,29,31). The summed E-state index contributed by atoms with van der Waals surface area (Å²) in [5, 5.41) is 7.23. The van der Waals surface area contributed by atoms with E-state index in [1.54, 1.807) is 54.7 Å². The minimum Gasteiger partial charge on any atom is -0.489 e. The number of carbonyl (C=O) groups is 1. The third kappa shape index (κ3) is 5.50. The Morgan fingerprint density at radius 3 is 2.44 bits per heavy atom. The molecule has 1 heterocycles. The molecule has 0 aliphatic heterocycles. The van der Waals surface area contributed by atoms with Crippen LogP contribution in [0.25, 0.3) is 0 Å². The Hall–Kier alpha value is -3.71. The van der Waals surface area contributed by atoms with E-state index in [1.165, 1.54) is 28.9 Å². The molecule has 5 nitrogen and oxygen atoms in total. The molecule has 0 saturated heterocycles. The van der Waals surface area contributed by atoms with E-state index in [4.69, 9.17) is 16.3 Å². The first-order valence-electron chi connectivity index (χ1n) is 9.72. The van der Waals surface area contributed by atoms with Crippen LogP contribution in [0.2, 0.25) is 5.02 Å². The van der Waals surface area contributed by atoms with Crippen molar-refractivity contribution in [2.45, 2.75) is 13.2 Å². The molecular formula is C24H18ClF2N3O2. The zero-order valence-corrected chi connectivity index (χ0v) is 17.5. The average Bonchev–Trinajstić information content (AvgIpc) is 3.12. The Kier molecular flexibility index (Phi) is 6.47. The van der Waals surface area contributed by atoms with Crippen LogP contribution in [0.1, 0.15) is 21.5 Å². The summed E-state index contributed by atoms with van der Waals surface area (Å²) in [5.41, 5.74) is 2.00. The molecular weight excluding hydrogens is 436 g/mol. The van der Waals surface area contributed by atoms with Crippen LogP contribution >= 0.6 is 11.6 Å². The third-order valence-electron chi connectivity index (χ3n) is 4.62. The fraction of sp³-hybridized carbons (Fsp3) is 0.0833. The Morgan fingerprint density at radius 1 is 0.969 bits per heavy atom. The summed E-state index contributed by atoms with van der Waals surface area (Å²) in [6.07, 6.45) is 1.57. The number of amides is 1. The van der Waals surface area contributed by atoms with E-state index in [0.29, 0.717) is 17.9 Å². The first-order chi connectivity index (χ1) is 15.5. The van der Waals surface area contributed by atoms with Gasteiger partial charge in [-0.05, 0) is 59.7 Å². The van der Waals surface area contributed by atoms with Crippen molar-refractivity contribution in [2.24, 2.45) is 0 Å². The van der Waals surface area contributed by atoms with Crippen molar-refractivity contribution in [3.8, 4) is 5.75 Å². The van der Waals surface area contributed by atoms with E-state index in [1.807, 2.05) is 0 Å². The van der Waals surface area contributed by atoms with Crippen LogP contribution in [0, 0.1) is 11.6 Å². The molecule has 8 heteroatoms. The first kappa shape index (κ1) is 21.5. The van der Waals surface area contributed by atoms with Crippen molar-refractivity contribution in [3.05, 3.63) is 112 Å². The number of aromatic nitrogens is 2. The summed E-state index contributed by atoms with van der Waals surface area (Å²) < 4.78 is 33.4. The molecule has 162 valence electrons. The van der Waals surface area contributed by atoms with E-state index in [9.17, 15) is 13.6 Å². The summed E-state index contributed by atoms with van der Waals surface area (Å²) in [4.78, 5) is 12.6. The Balaban J connectivity index is 1.36. The molecule has 0 aliphatic carbocycles. The Labute approximate surface area is 188 Å². The van der Waals surface area contributed by atoms with Gasteiger partial charge in [0.2, 0.25) is 0 Å². The van der Waals surface area contributed by atoms with Gasteiger partial charge in [0.1, 0.15) is 29.0 Å². The number of anilines is 1. The maximum absolute atomic E-state index is 13.4. The average molecular weight is 454 g/mol. The largest absolute Gasteiger partial charge is 0.489 e. The lowest BCUT2D eigenvalue weighted by Crippen LogP contribution is -2.13. The predicted molar refractivity (Wildman–Crippen MR) is 118 cm³/mol. The number of nitrogens with zero attached hydrogens (tertiary/aromatic N) is 2. The van der Waals surface area contributed by atoms with E-state index in [0.717, 1.165) is 11.1 Å². The van der Waals surface area contributed by atoms with Crippen LogP contribution in [0.15, 0.2) is 79.0 Å². The fourth-order valence-corrected chi connectivity index (χ4v) is 3.21. The van der Waals surface area contributed by atoms with Crippen LogP contribution < -0.4 is 10.1 Å². The number of nitrogens with one attached hydrogen (secondary N) is 1.